The normalized spacial score (nSPS) is 11.1. The molecule has 0 fully saturated rings. The number of sulfonamides is 1. The Hall–Kier alpha value is -2.34. The summed E-state index contributed by atoms with van der Waals surface area (Å²) in [5.41, 5.74) is 1.72. The molecule has 2 aromatic rings. The summed E-state index contributed by atoms with van der Waals surface area (Å²) in [7, 11) is 1.14. The molecule has 0 aromatic heterocycles. The third-order valence-corrected chi connectivity index (χ3v) is 5.39. The molecule has 0 radical (unpaired) electrons. The fraction of sp³-hybridized carbons (Fsp3) is 0.235. The molecular formula is C17H20N2O3S. The maximum absolute atomic E-state index is 12.7. The minimum absolute atomic E-state index is 0.170. The molecule has 0 N–H and O–H groups in total. The first-order valence-corrected chi connectivity index (χ1v) is 8.55. The topological polar surface area (TPSA) is 57.7 Å². The van der Waals surface area contributed by atoms with Gasteiger partial charge >= 0.3 is 0 Å². The van der Waals surface area contributed by atoms with E-state index in [4.69, 9.17) is 0 Å². The van der Waals surface area contributed by atoms with Crippen LogP contribution in [-0.4, -0.2) is 40.4 Å². The molecule has 0 bridgehead atoms. The van der Waals surface area contributed by atoms with Gasteiger partial charge in [-0.05, 0) is 36.8 Å². The maximum atomic E-state index is 12.7. The average molecular weight is 332 g/mol. The number of nitrogens with zero attached hydrogens (tertiary/aromatic N) is 2. The molecule has 0 heterocycles. The molecule has 0 aliphatic rings. The molecule has 0 spiro atoms. The van der Waals surface area contributed by atoms with Crippen molar-refractivity contribution >= 4 is 21.6 Å². The molecule has 2 aromatic carbocycles. The van der Waals surface area contributed by atoms with Crippen molar-refractivity contribution in [2.75, 3.05) is 25.4 Å². The molecule has 0 aliphatic carbocycles. The quantitative estimate of drug-likeness (QED) is 0.864. The highest BCUT2D eigenvalue weighted by atomic mass is 32.2. The van der Waals surface area contributed by atoms with Gasteiger partial charge in [-0.25, -0.2) is 8.42 Å². The number of rotatable bonds is 4. The number of carbonyl (C=O) groups is 1. The molecule has 0 aliphatic heterocycles. The van der Waals surface area contributed by atoms with E-state index in [0.29, 0.717) is 11.3 Å². The first kappa shape index (κ1) is 17.0. The fourth-order valence-corrected chi connectivity index (χ4v) is 3.49. The largest absolute Gasteiger partial charge is 0.345 e. The lowest BCUT2D eigenvalue weighted by Gasteiger charge is -2.22. The van der Waals surface area contributed by atoms with Crippen molar-refractivity contribution in [3.8, 4) is 0 Å². The van der Waals surface area contributed by atoms with Crippen LogP contribution >= 0.6 is 0 Å². The van der Waals surface area contributed by atoms with Crippen molar-refractivity contribution < 1.29 is 13.2 Å². The number of amides is 1. The number of hydrogen-bond donors (Lipinski definition) is 0. The SMILES string of the molecule is Cc1ccc(C(=O)N(C)C)cc1N(C)S(=O)(=O)c1ccccc1. The Labute approximate surface area is 137 Å². The molecule has 0 unspecified atom stereocenters. The maximum Gasteiger partial charge on any atom is 0.264 e. The Morgan fingerprint density at radius 3 is 2.13 bits per heavy atom. The van der Waals surface area contributed by atoms with E-state index in [1.165, 1.54) is 16.3 Å². The second kappa shape index (κ2) is 6.42. The lowest BCUT2D eigenvalue weighted by molar-refractivity contribution is 0.0827. The second-order valence-corrected chi connectivity index (χ2v) is 7.46. The van der Waals surface area contributed by atoms with E-state index < -0.39 is 10.0 Å². The monoisotopic (exact) mass is 332 g/mol. The van der Waals surface area contributed by atoms with Crippen LogP contribution in [0, 0.1) is 6.92 Å². The molecule has 1 amide bonds. The number of anilines is 1. The Bertz CT molecular complexity index is 815. The molecule has 5 nitrogen and oxygen atoms in total. The molecule has 0 saturated heterocycles. The van der Waals surface area contributed by atoms with E-state index >= 15 is 0 Å². The number of carbonyl (C=O) groups excluding carboxylic acids is 1. The summed E-state index contributed by atoms with van der Waals surface area (Å²) in [6.45, 7) is 1.82. The van der Waals surface area contributed by atoms with Crippen molar-refractivity contribution in [2.24, 2.45) is 0 Å². The Kier molecular flexibility index (Phi) is 4.75. The van der Waals surface area contributed by atoms with Crippen molar-refractivity contribution in [1.29, 1.82) is 0 Å². The molecule has 122 valence electrons. The van der Waals surface area contributed by atoms with E-state index in [2.05, 4.69) is 0 Å². The first-order chi connectivity index (χ1) is 10.7. The third kappa shape index (κ3) is 3.37. The third-order valence-electron chi connectivity index (χ3n) is 3.60. The van der Waals surface area contributed by atoms with Gasteiger partial charge in [0.25, 0.3) is 15.9 Å². The van der Waals surface area contributed by atoms with Crippen molar-refractivity contribution in [3.05, 3.63) is 59.7 Å². The second-order valence-electron chi connectivity index (χ2n) is 5.49. The predicted octanol–water partition coefficient (Wildman–Crippen LogP) is 2.52. The van der Waals surface area contributed by atoms with Crippen LogP contribution in [0.15, 0.2) is 53.4 Å². The van der Waals surface area contributed by atoms with Gasteiger partial charge in [0.15, 0.2) is 0 Å². The minimum atomic E-state index is -3.67. The molecule has 0 saturated carbocycles. The Morgan fingerprint density at radius 2 is 1.57 bits per heavy atom. The Morgan fingerprint density at radius 1 is 0.957 bits per heavy atom. The van der Waals surface area contributed by atoms with Crippen LogP contribution in [0.3, 0.4) is 0 Å². The van der Waals surface area contributed by atoms with Gasteiger partial charge in [0.2, 0.25) is 0 Å². The van der Waals surface area contributed by atoms with E-state index in [0.717, 1.165) is 5.56 Å². The summed E-state index contributed by atoms with van der Waals surface area (Å²) in [5, 5.41) is 0. The summed E-state index contributed by atoms with van der Waals surface area (Å²) in [6.07, 6.45) is 0. The zero-order chi connectivity index (χ0) is 17.2. The lowest BCUT2D eigenvalue weighted by atomic mass is 10.1. The fourth-order valence-electron chi connectivity index (χ4n) is 2.22. The van der Waals surface area contributed by atoms with Crippen LogP contribution in [0.2, 0.25) is 0 Å². The van der Waals surface area contributed by atoms with E-state index in [9.17, 15) is 13.2 Å². The van der Waals surface area contributed by atoms with Gasteiger partial charge in [-0.15, -0.1) is 0 Å². The van der Waals surface area contributed by atoms with Crippen molar-refractivity contribution in [3.63, 3.8) is 0 Å². The molecule has 2 rings (SSSR count). The summed E-state index contributed by atoms with van der Waals surface area (Å²) in [4.78, 5) is 13.8. The highest BCUT2D eigenvalue weighted by molar-refractivity contribution is 7.92. The van der Waals surface area contributed by atoms with Crippen molar-refractivity contribution in [1.82, 2.24) is 4.90 Å². The smallest absolute Gasteiger partial charge is 0.264 e. The lowest BCUT2D eigenvalue weighted by Crippen LogP contribution is -2.28. The van der Waals surface area contributed by atoms with Gasteiger partial charge < -0.3 is 4.90 Å². The minimum Gasteiger partial charge on any atom is -0.345 e. The van der Waals surface area contributed by atoms with E-state index in [1.54, 1.807) is 62.6 Å². The van der Waals surface area contributed by atoms with Crippen LogP contribution in [0.25, 0.3) is 0 Å². The van der Waals surface area contributed by atoms with Gasteiger partial charge in [0.1, 0.15) is 0 Å². The van der Waals surface area contributed by atoms with Crippen LogP contribution in [0.4, 0.5) is 5.69 Å². The van der Waals surface area contributed by atoms with Crippen molar-refractivity contribution in [2.45, 2.75) is 11.8 Å². The number of aryl methyl sites for hydroxylation is 1. The molecule has 23 heavy (non-hydrogen) atoms. The standard InChI is InChI=1S/C17H20N2O3S/c1-13-10-11-14(17(20)18(2)3)12-16(13)19(4)23(21,22)15-8-6-5-7-9-15/h5-12H,1-4H3. The predicted molar refractivity (Wildman–Crippen MR) is 91.2 cm³/mol. The molecule has 0 atom stereocenters. The molecular weight excluding hydrogens is 312 g/mol. The zero-order valence-electron chi connectivity index (χ0n) is 13.6. The summed E-state index contributed by atoms with van der Waals surface area (Å²) >= 11 is 0. The average Bonchev–Trinajstić information content (AvgIpc) is 2.54. The van der Waals surface area contributed by atoms with E-state index in [-0.39, 0.29) is 10.8 Å². The highest BCUT2D eigenvalue weighted by Gasteiger charge is 2.23. The van der Waals surface area contributed by atoms with Gasteiger partial charge in [-0.3, -0.25) is 9.10 Å². The summed E-state index contributed by atoms with van der Waals surface area (Å²) in [6, 6.07) is 13.3. The highest BCUT2D eigenvalue weighted by Crippen LogP contribution is 2.26. The van der Waals surface area contributed by atoms with E-state index in [1.807, 2.05) is 6.92 Å². The number of benzene rings is 2. The van der Waals surface area contributed by atoms with Gasteiger partial charge in [0.05, 0.1) is 10.6 Å². The summed E-state index contributed by atoms with van der Waals surface area (Å²) < 4.78 is 26.7. The first-order valence-electron chi connectivity index (χ1n) is 7.11. The Balaban J connectivity index is 2.49. The summed E-state index contributed by atoms with van der Waals surface area (Å²) in [5.74, 6) is -0.170. The van der Waals surface area contributed by atoms with Gasteiger partial charge in [-0.2, -0.15) is 0 Å². The van der Waals surface area contributed by atoms with Gasteiger partial charge in [-0.1, -0.05) is 24.3 Å². The van der Waals surface area contributed by atoms with Crippen LogP contribution in [0.1, 0.15) is 15.9 Å². The molecule has 6 heteroatoms. The van der Waals surface area contributed by atoms with Crippen LogP contribution in [0.5, 0.6) is 0 Å². The van der Waals surface area contributed by atoms with Gasteiger partial charge in [0, 0.05) is 26.7 Å². The zero-order valence-corrected chi connectivity index (χ0v) is 14.5. The van der Waals surface area contributed by atoms with Crippen LogP contribution < -0.4 is 4.31 Å². The van der Waals surface area contributed by atoms with Crippen LogP contribution in [-0.2, 0) is 10.0 Å². The number of hydrogen-bond acceptors (Lipinski definition) is 3.